The Morgan fingerprint density at radius 2 is 2.16 bits per heavy atom. The topological polar surface area (TPSA) is 81.0 Å². The summed E-state index contributed by atoms with van der Waals surface area (Å²) >= 11 is 0. The molecule has 104 valence electrons. The Balaban J connectivity index is 2.16. The molecular weight excluding hydrogens is 246 g/mol. The summed E-state index contributed by atoms with van der Waals surface area (Å²) in [4.78, 5) is 14.1. The molecule has 19 heavy (non-hydrogen) atoms. The third-order valence-electron chi connectivity index (χ3n) is 3.58. The number of hydrogen-bond donors (Lipinski definition) is 3. The molecule has 1 amide bonds. The molecule has 0 radical (unpaired) electrons. The van der Waals surface area contributed by atoms with Crippen LogP contribution in [-0.2, 0) is 0 Å². The minimum atomic E-state index is -0.361. The molecule has 1 fully saturated rings. The van der Waals surface area contributed by atoms with Gasteiger partial charge in [0.2, 0.25) is 0 Å². The van der Waals surface area contributed by atoms with Gasteiger partial charge >= 0.3 is 0 Å². The van der Waals surface area contributed by atoms with E-state index < -0.39 is 0 Å². The minimum Gasteiger partial charge on any atom is -0.504 e. The molecule has 5 nitrogen and oxygen atoms in total. The predicted octanol–water partition coefficient (Wildman–Crippen LogP) is 1.47. The highest BCUT2D eigenvalue weighted by molar-refractivity contribution is 5.97. The molecule has 1 heterocycles. The molecule has 0 saturated carbocycles. The predicted molar refractivity (Wildman–Crippen MR) is 70.1 cm³/mol. The maximum absolute atomic E-state index is 12.4. The van der Waals surface area contributed by atoms with Crippen LogP contribution in [0.5, 0.6) is 11.5 Å². The SMILES string of the molecule is O=C(c1cccc(O)c1O)N1CCCC1CCCO. The maximum atomic E-state index is 12.4. The Hall–Kier alpha value is -1.75. The van der Waals surface area contributed by atoms with Gasteiger partial charge in [-0.1, -0.05) is 6.07 Å². The first-order chi connectivity index (χ1) is 9.15. The Kier molecular flexibility index (Phi) is 4.27. The zero-order valence-corrected chi connectivity index (χ0v) is 10.7. The van der Waals surface area contributed by atoms with Crippen LogP contribution in [-0.4, -0.2) is 45.3 Å². The number of hydrogen-bond acceptors (Lipinski definition) is 4. The Bertz CT molecular complexity index is 461. The number of amides is 1. The highest BCUT2D eigenvalue weighted by Gasteiger charge is 2.30. The van der Waals surface area contributed by atoms with E-state index >= 15 is 0 Å². The van der Waals surface area contributed by atoms with Gasteiger partial charge in [0.25, 0.3) is 5.91 Å². The second kappa shape index (κ2) is 5.93. The second-order valence-corrected chi connectivity index (χ2v) is 4.83. The molecular formula is C14H19NO4. The average Bonchev–Trinajstić information content (AvgIpc) is 2.87. The first kappa shape index (κ1) is 13.7. The third kappa shape index (κ3) is 2.81. The van der Waals surface area contributed by atoms with Crippen LogP contribution in [0.25, 0.3) is 0 Å². The van der Waals surface area contributed by atoms with Crippen LogP contribution in [0.2, 0.25) is 0 Å². The summed E-state index contributed by atoms with van der Waals surface area (Å²) in [5, 5.41) is 28.1. The standard InChI is InChI=1S/C14H19NO4/c16-9-3-5-10-4-2-8-15(10)14(19)11-6-1-7-12(17)13(11)18/h1,6-7,10,16-18H,2-5,8-9H2. The van der Waals surface area contributed by atoms with Crippen molar-refractivity contribution in [2.45, 2.75) is 31.7 Å². The second-order valence-electron chi connectivity index (χ2n) is 4.83. The lowest BCUT2D eigenvalue weighted by Crippen LogP contribution is -2.35. The van der Waals surface area contributed by atoms with E-state index in [1.165, 1.54) is 12.1 Å². The fourth-order valence-corrected chi connectivity index (χ4v) is 2.59. The van der Waals surface area contributed by atoms with Crippen molar-refractivity contribution >= 4 is 5.91 Å². The van der Waals surface area contributed by atoms with Gasteiger partial charge in [-0.25, -0.2) is 0 Å². The average molecular weight is 265 g/mol. The van der Waals surface area contributed by atoms with E-state index in [-0.39, 0.29) is 35.6 Å². The molecule has 1 aliphatic rings. The van der Waals surface area contributed by atoms with Crippen LogP contribution < -0.4 is 0 Å². The van der Waals surface area contributed by atoms with E-state index in [0.29, 0.717) is 13.0 Å². The third-order valence-corrected chi connectivity index (χ3v) is 3.58. The molecule has 1 aromatic carbocycles. The van der Waals surface area contributed by atoms with Gasteiger partial charge in [-0.2, -0.15) is 0 Å². The number of phenolic OH excluding ortho intramolecular Hbond substituents is 2. The number of para-hydroxylation sites is 1. The number of phenols is 2. The van der Waals surface area contributed by atoms with Crippen LogP contribution in [0.15, 0.2) is 18.2 Å². The van der Waals surface area contributed by atoms with Crippen LogP contribution >= 0.6 is 0 Å². The number of aromatic hydroxyl groups is 2. The number of benzene rings is 1. The minimum absolute atomic E-state index is 0.112. The van der Waals surface area contributed by atoms with E-state index in [2.05, 4.69) is 0 Å². The van der Waals surface area contributed by atoms with Gasteiger partial charge in [-0.3, -0.25) is 4.79 Å². The van der Waals surface area contributed by atoms with Crippen LogP contribution in [0, 0.1) is 0 Å². The molecule has 5 heteroatoms. The zero-order chi connectivity index (χ0) is 13.8. The quantitative estimate of drug-likeness (QED) is 0.720. The number of carbonyl (C=O) groups is 1. The maximum Gasteiger partial charge on any atom is 0.258 e. The zero-order valence-electron chi connectivity index (χ0n) is 10.7. The fraction of sp³-hybridized carbons (Fsp3) is 0.500. The summed E-state index contributed by atoms with van der Waals surface area (Å²) in [7, 11) is 0. The lowest BCUT2D eigenvalue weighted by Gasteiger charge is -2.25. The number of likely N-dealkylation sites (tertiary alicyclic amines) is 1. The molecule has 1 aromatic rings. The molecule has 3 N–H and O–H groups in total. The summed E-state index contributed by atoms with van der Waals surface area (Å²) in [6.45, 7) is 0.778. The Morgan fingerprint density at radius 3 is 2.89 bits per heavy atom. The molecule has 0 bridgehead atoms. The molecule has 1 unspecified atom stereocenters. The van der Waals surface area contributed by atoms with Gasteiger partial charge in [0.15, 0.2) is 11.5 Å². The van der Waals surface area contributed by atoms with Crippen LogP contribution in [0.3, 0.4) is 0 Å². The number of aliphatic hydroxyl groups excluding tert-OH is 1. The van der Waals surface area contributed by atoms with Crippen molar-refractivity contribution in [1.82, 2.24) is 4.90 Å². The first-order valence-corrected chi connectivity index (χ1v) is 6.58. The van der Waals surface area contributed by atoms with Crippen molar-refractivity contribution in [2.24, 2.45) is 0 Å². The number of carbonyl (C=O) groups excluding carboxylic acids is 1. The number of aliphatic hydroxyl groups is 1. The van der Waals surface area contributed by atoms with Crippen LogP contribution in [0.4, 0.5) is 0 Å². The molecule has 0 aromatic heterocycles. The van der Waals surface area contributed by atoms with Gasteiger partial charge in [0.05, 0.1) is 5.56 Å². The highest BCUT2D eigenvalue weighted by atomic mass is 16.3. The van der Waals surface area contributed by atoms with Gasteiger partial charge < -0.3 is 20.2 Å². The fourth-order valence-electron chi connectivity index (χ4n) is 2.59. The van der Waals surface area contributed by atoms with Gasteiger partial charge in [0.1, 0.15) is 0 Å². The summed E-state index contributed by atoms with van der Waals surface area (Å²) < 4.78 is 0. The van der Waals surface area contributed by atoms with Gasteiger partial charge in [0, 0.05) is 19.2 Å². The lowest BCUT2D eigenvalue weighted by molar-refractivity contribution is 0.0720. The summed E-state index contributed by atoms with van der Waals surface area (Å²) in [6.07, 6.45) is 3.29. The molecule has 0 spiro atoms. The van der Waals surface area contributed by atoms with E-state index in [9.17, 15) is 15.0 Å². The first-order valence-electron chi connectivity index (χ1n) is 6.58. The monoisotopic (exact) mass is 265 g/mol. The Morgan fingerprint density at radius 1 is 1.37 bits per heavy atom. The molecule has 2 rings (SSSR count). The lowest BCUT2D eigenvalue weighted by atomic mass is 10.1. The van der Waals surface area contributed by atoms with E-state index in [4.69, 9.17) is 5.11 Å². The van der Waals surface area contributed by atoms with Gasteiger partial charge in [-0.15, -0.1) is 0 Å². The number of rotatable bonds is 4. The van der Waals surface area contributed by atoms with Crippen molar-refractivity contribution in [2.75, 3.05) is 13.2 Å². The highest BCUT2D eigenvalue weighted by Crippen LogP contribution is 2.31. The number of nitrogens with zero attached hydrogens (tertiary/aromatic N) is 1. The molecule has 1 atom stereocenters. The van der Waals surface area contributed by atoms with Crippen molar-refractivity contribution in [3.8, 4) is 11.5 Å². The smallest absolute Gasteiger partial charge is 0.258 e. The van der Waals surface area contributed by atoms with E-state index in [0.717, 1.165) is 19.3 Å². The van der Waals surface area contributed by atoms with Crippen LogP contribution in [0.1, 0.15) is 36.0 Å². The van der Waals surface area contributed by atoms with Crippen molar-refractivity contribution in [3.63, 3.8) is 0 Å². The van der Waals surface area contributed by atoms with Crippen molar-refractivity contribution in [3.05, 3.63) is 23.8 Å². The molecule has 0 aliphatic carbocycles. The summed E-state index contributed by atoms with van der Waals surface area (Å²) in [5.41, 5.74) is 0.135. The molecule has 1 aliphatic heterocycles. The van der Waals surface area contributed by atoms with Gasteiger partial charge in [-0.05, 0) is 37.8 Å². The van der Waals surface area contributed by atoms with E-state index in [1.54, 1.807) is 11.0 Å². The van der Waals surface area contributed by atoms with Crippen molar-refractivity contribution < 1.29 is 20.1 Å². The van der Waals surface area contributed by atoms with Crippen molar-refractivity contribution in [1.29, 1.82) is 0 Å². The normalized spacial score (nSPS) is 18.8. The largest absolute Gasteiger partial charge is 0.504 e. The Labute approximate surface area is 112 Å². The summed E-state index contributed by atoms with van der Waals surface area (Å²) in [6, 6.07) is 4.51. The molecule has 1 saturated heterocycles. The summed E-state index contributed by atoms with van der Waals surface area (Å²) in [5.74, 6) is -0.897. The van der Waals surface area contributed by atoms with E-state index in [1.807, 2.05) is 0 Å².